The maximum atomic E-state index is 13.8. The summed E-state index contributed by atoms with van der Waals surface area (Å²) in [5.41, 5.74) is 4.23. The molecule has 0 saturated heterocycles. The van der Waals surface area contributed by atoms with Gasteiger partial charge in [0, 0.05) is 5.70 Å². The zero-order valence-electron chi connectivity index (χ0n) is 24.6. The van der Waals surface area contributed by atoms with Crippen LogP contribution in [0.3, 0.4) is 0 Å². The van der Waals surface area contributed by atoms with Gasteiger partial charge in [-0.1, -0.05) is 135 Å². The fourth-order valence-corrected chi connectivity index (χ4v) is 5.35. The van der Waals surface area contributed by atoms with E-state index >= 15 is 0 Å². The van der Waals surface area contributed by atoms with Crippen LogP contribution in [0.25, 0.3) is 6.08 Å². The van der Waals surface area contributed by atoms with Crippen LogP contribution in [0.4, 0.5) is 0 Å². The second-order valence-corrected chi connectivity index (χ2v) is 11.1. The Morgan fingerprint density at radius 2 is 1.53 bits per heavy atom. The first-order valence-electron chi connectivity index (χ1n) is 14.1. The second-order valence-electron chi connectivity index (χ2n) is 10.1. The van der Waals surface area contributed by atoms with Gasteiger partial charge in [-0.2, -0.15) is 4.99 Å². The summed E-state index contributed by atoms with van der Waals surface area (Å²) >= 11 is 1.04. The number of carbonyl (C=O) groups is 3. The van der Waals surface area contributed by atoms with Crippen molar-refractivity contribution in [3.05, 3.63) is 149 Å². The first kappa shape index (κ1) is 31.2. The lowest BCUT2D eigenvalue weighted by Gasteiger charge is -2.28. The van der Waals surface area contributed by atoms with E-state index < -0.39 is 11.8 Å². The van der Waals surface area contributed by atoms with Gasteiger partial charge in [-0.3, -0.25) is 19.3 Å². The first-order chi connectivity index (χ1) is 20.8. The van der Waals surface area contributed by atoms with Crippen molar-refractivity contribution in [2.45, 2.75) is 32.7 Å². The molecule has 0 aromatic heterocycles. The second kappa shape index (κ2) is 14.9. The summed E-state index contributed by atoms with van der Waals surface area (Å²) in [6.07, 6.45) is 8.33. The van der Waals surface area contributed by atoms with E-state index in [1.165, 1.54) is 4.90 Å². The van der Waals surface area contributed by atoms with E-state index in [-0.39, 0.29) is 28.4 Å². The SMILES string of the molecule is C=C/C=C\C(=C/C)N1C(=O)/C(=C/c2ccc(C(C)C)cc2)C(=O)N=C1SCC(=O)NC(c1ccccc1)c1ccccc1. The fourth-order valence-electron chi connectivity index (χ4n) is 4.54. The summed E-state index contributed by atoms with van der Waals surface area (Å²) in [6.45, 7) is 9.72. The van der Waals surface area contributed by atoms with Crippen molar-refractivity contribution < 1.29 is 14.4 Å². The van der Waals surface area contributed by atoms with Crippen molar-refractivity contribution in [1.82, 2.24) is 10.2 Å². The molecule has 3 aromatic carbocycles. The molecule has 3 amide bonds. The maximum Gasteiger partial charge on any atom is 0.285 e. The first-order valence-corrected chi connectivity index (χ1v) is 15.1. The fraction of sp³-hybridized carbons (Fsp3) is 0.167. The van der Waals surface area contributed by atoms with E-state index in [9.17, 15) is 14.4 Å². The smallest absolute Gasteiger partial charge is 0.285 e. The zero-order chi connectivity index (χ0) is 30.8. The lowest BCUT2D eigenvalue weighted by Crippen LogP contribution is -2.42. The Morgan fingerprint density at radius 3 is 2.07 bits per heavy atom. The Morgan fingerprint density at radius 1 is 0.930 bits per heavy atom. The molecule has 1 aliphatic heterocycles. The number of hydrogen-bond acceptors (Lipinski definition) is 4. The van der Waals surface area contributed by atoms with E-state index in [4.69, 9.17) is 0 Å². The van der Waals surface area contributed by atoms with Crippen molar-refractivity contribution >= 4 is 40.7 Å². The minimum atomic E-state index is -0.647. The standard InChI is InChI=1S/C36H35N3O3S/c1-5-7-18-30(6-2)39-35(42)31(23-26-19-21-27(22-20-26)25(3)4)34(41)38-36(39)43-24-32(40)37-33(28-14-10-8-11-15-28)29-16-12-9-13-17-29/h5-23,25,33H,1,24H2,2-4H3,(H,37,40)/b18-7-,30-6+,31-23+. The molecular weight excluding hydrogens is 554 g/mol. The molecule has 4 rings (SSSR count). The Balaban J connectivity index is 1.60. The van der Waals surface area contributed by atoms with Crippen LogP contribution in [-0.4, -0.2) is 33.5 Å². The molecule has 0 bridgehead atoms. The monoisotopic (exact) mass is 589 g/mol. The van der Waals surface area contributed by atoms with Crippen LogP contribution in [0.15, 0.2) is 132 Å². The third kappa shape index (κ3) is 7.96. The van der Waals surface area contributed by atoms with Crippen molar-refractivity contribution in [2.75, 3.05) is 5.75 Å². The van der Waals surface area contributed by atoms with Gasteiger partial charge in [-0.05, 0) is 47.2 Å². The van der Waals surface area contributed by atoms with Gasteiger partial charge in [0.05, 0.1) is 11.8 Å². The number of carbonyl (C=O) groups excluding carboxylic acids is 3. The lowest BCUT2D eigenvalue weighted by molar-refractivity contribution is -0.126. The number of amidine groups is 1. The Bertz CT molecular complexity index is 1550. The topological polar surface area (TPSA) is 78.8 Å². The highest BCUT2D eigenvalue weighted by Crippen LogP contribution is 2.27. The molecule has 6 nitrogen and oxygen atoms in total. The maximum absolute atomic E-state index is 13.8. The van der Waals surface area contributed by atoms with Gasteiger partial charge in [0.25, 0.3) is 11.8 Å². The van der Waals surface area contributed by atoms with Crippen LogP contribution in [0.5, 0.6) is 0 Å². The van der Waals surface area contributed by atoms with Crippen LogP contribution in [-0.2, 0) is 14.4 Å². The molecule has 0 unspecified atom stereocenters. The van der Waals surface area contributed by atoms with E-state index in [1.54, 1.807) is 37.3 Å². The van der Waals surface area contributed by atoms with Gasteiger partial charge < -0.3 is 5.32 Å². The van der Waals surface area contributed by atoms with Gasteiger partial charge in [-0.15, -0.1) is 0 Å². The van der Waals surface area contributed by atoms with Crippen LogP contribution >= 0.6 is 11.8 Å². The van der Waals surface area contributed by atoms with Crippen LogP contribution < -0.4 is 5.32 Å². The molecule has 0 atom stereocenters. The third-order valence-corrected chi connectivity index (χ3v) is 7.77. The summed E-state index contributed by atoms with van der Waals surface area (Å²) in [6, 6.07) is 26.8. The molecule has 218 valence electrons. The van der Waals surface area contributed by atoms with Crippen molar-refractivity contribution in [3.8, 4) is 0 Å². The van der Waals surface area contributed by atoms with Gasteiger partial charge in [0.2, 0.25) is 5.91 Å². The average molecular weight is 590 g/mol. The minimum absolute atomic E-state index is 0.0503. The van der Waals surface area contributed by atoms with Gasteiger partial charge >= 0.3 is 0 Å². The Kier molecular flexibility index (Phi) is 10.8. The quantitative estimate of drug-likeness (QED) is 0.154. The molecule has 1 aliphatic rings. The molecule has 0 fully saturated rings. The molecule has 0 radical (unpaired) electrons. The molecule has 7 heteroatoms. The van der Waals surface area contributed by atoms with Crippen molar-refractivity contribution in [1.29, 1.82) is 0 Å². The summed E-state index contributed by atoms with van der Waals surface area (Å²) < 4.78 is 0. The largest absolute Gasteiger partial charge is 0.344 e. The Labute approximate surface area is 257 Å². The third-order valence-electron chi connectivity index (χ3n) is 6.83. The van der Waals surface area contributed by atoms with Gasteiger partial charge in [0.1, 0.15) is 5.57 Å². The van der Waals surface area contributed by atoms with Crippen molar-refractivity contribution in [3.63, 3.8) is 0 Å². The van der Waals surface area contributed by atoms with Crippen LogP contribution in [0, 0.1) is 0 Å². The van der Waals surface area contributed by atoms with E-state index in [1.807, 2.05) is 84.9 Å². The number of allylic oxidation sites excluding steroid dienone is 4. The number of rotatable bonds is 10. The van der Waals surface area contributed by atoms with E-state index in [2.05, 4.69) is 30.7 Å². The van der Waals surface area contributed by atoms with E-state index in [0.717, 1.165) is 34.0 Å². The number of nitrogens with one attached hydrogen (secondary N) is 1. The van der Waals surface area contributed by atoms with Crippen LogP contribution in [0.2, 0.25) is 0 Å². The summed E-state index contributed by atoms with van der Waals surface area (Å²) in [5.74, 6) is -1.11. The number of nitrogens with zero attached hydrogens (tertiary/aromatic N) is 2. The summed E-state index contributed by atoms with van der Waals surface area (Å²) in [7, 11) is 0. The number of aliphatic imine (C=N–C) groups is 1. The predicted octanol–water partition coefficient (Wildman–Crippen LogP) is 7.20. The molecule has 1 heterocycles. The molecular formula is C36H35N3O3S. The van der Waals surface area contributed by atoms with Gasteiger partial charge in [-0.25, -0.2) is 0 Å². The normalized spacial score (nSPS) is 15.0. The molecule has 0 saturated carbocycles. The average Bonchev–Trinajstić information content (AvgIpc) is 3.03. The highest BCUT2D eigenvalue weighted by Gasteiger charge is 2.35. The lowest BCUT2D eigenvalue weighted by atomic mass is 9.99. The summed E-state index contributed by atoms with van der Waals surface area (Å²) in [4.78, 5) is 45.9. The molecule has 1 N–H and O–H groups in total. The number of benzene rings is 3. The van der Waals surface area contributed by atoms with Gasteiger partial charge in [0.15, 0.2) is 5.17 Å². The minimum Gasteiger partial charge on any atom is -0.344 e. The number of hydrogen-bond donors (Lipinski definition) is 1. The van der Waals surface area contributed by atoms with Crippen LogP contribution in [0.1, 0.15) is 55.0 Å². The zero-order valence-corrected chi connectivity index (χ0v) is 25.4. The number of thioether (sulfide) groups is 1. The molecule has 43 heavy (non-hydrogen) atoms. The summed E-state index contributed by atoms with van der Waals surface area (Å²) in [5, 5.41) is 3.24. The highest BCUT2D eigenvalue weighted by atomic mass is 32.2. The molecule has 0 aliphatic carbocycles. The molecule has 3 aromatic rings. The highest BCUT2D eigenvalue weighted by molar-refractivity contribution is 8.14. The number of amides is 3. The molecule has 0 spiro atoms. The van der Waals surface area contributed by atoms with Crippen molar-refractivity contribution in [2.24, 2.45) is 4.99 Å². The predicted molar refractivity (Wildman–Crippen MR) is 176 cm³/mol. The van der Waals surface area contributed by atoms with E-state index in [0.29, 0.717) is 11.6 Å². The Hall–Kier alpha value is -4.75.